The molecule has 1 aliphatic rings. The van der Waals surface area contributed by atoms with Crippen molar-refractivity contribution in [2.75, 3.05) is 40.4 Å². The van der Waals surface area contributed by atoms with Crippen LogP contribution in [0, 0.1) is 0 Å². The fraction of sp³-hybridized carbons (Fsp3) is 0.882. The topological polar surface area (TPSA) is 124 Å². The molecule has 0 bridgehead atoms. The fourth-order valence-corrected chi connectivity index (χ4v) is 5.59. The summed E-state index contributed by atoms with van der Waals surface area (Å²) in [5.41, 5.74) is 0. The van der Waals surface area contributed by atoms with E-state index in [1.807, 2.05) is 0 Å². The smallest absolute Gasteiger partial charge is 0.303 e. The van der Waals surface area contributed by atoms with E-state index in [1.165, 1.54) is 111 Å². The molecule has 5 atom stereocenters. The second kappa shape index (κ2) is 23.1. The first kappa shape index (κ1) is 40.8. The van der Waals surface area contributed by atoms with Gasteiger partial charge in [0.25, 0.3) is 0 Å². The van der Waals surface area contributed by atoms with Gasteiger partial charge < -0.3 is 32.9 Å². The van der Waals surface area contributed by atoms with Crippen molar-refractivity contribution in [3.05, 3.63) is 0 Å². The number of unbranched alkanes of at least 4 members (excludes halogenated alkanes) is 13. The normalized spacial score (nSPS) is 21.6. The molecule has 0 spiro atoms. The first-order chi connectivity index (χ1) is 21.4. The number of quaternary nitrogens is 1. The SMILES string of the molecule is CCCCCCCCCCCCCCCC[N+](C)(C)CCO[C@@H]1O[C@H](COC(C)=O)[C@@H](OC(C)=O)[C@H](OC(C)=O)[C@H]1OC(C)=O. The Morgan fingerprint density at radius 2 is 1.02 bits per heavy atom. The quantitative estimate of drug-likeness (QED) is 0.0564. The summed E-state index contributed by atoms with van der Waals surface area (Å²) >= 11 is 0. The van der Waals surface area contributed by atoms with E-state index >= 15 is 0 Å². The van der Waals surface area contributed by atoms with Crippen molar-refractivity contribution in [1.29, 1.82) is 0 Å². The van der Waals surface area contributed by atoms with Gasteiger partial charge in [-0.2, -0.15) is 0 Å². The lowest BCUT2D eigenvalue weighted by Crippen LogP contribution is -2.63. The van der Waals surface area contributed by atoms with Crippen molar-refractivity contribution in [2.45, 2.75) is 155 Å². The third-order valence-electron chi connectivity index (χ3n) is 8.04. The van der Waals surface area contributed by atoms with Gasteiger partial charge in [0.05, 0.1) is 27.2 Å². The van der Waals surface area contributed by atoms with Crippen LogP contribution in [0.25, 0.3) is 0 Å². The van der Waals surface area contributed by atoms with Crippen LogP contribution in [0.15, 0.2) is 0 Å². The van der Waals surface area contributed by atoms with Crippen LogP contribution in [0.2, 0.25) is 0 Å². The average Bonchev–Trinajstić information content (AvgIpc) is 2.94. The first-order valence-electron chi connectivity index (χ1n) is 17.1. The van der Waals surface area contributed by atoms with Crippen LogP contribution < -0.4 is 0 Å². The minimum absolute atomic E-state index is 0.263. The van der Waals surface area contributed by atoms with Crippen LogP contribution in [0.3, 0.4) is 0 Å². The molecule has 262 valence electrons. The number of hydrogen-bond donors (Lipinski definition) is 0. The molecule has 45 heavy (non-hydrogen) atoms. The van der Waals surface area contributed by atoms with Gasteiger partial charge in [-0.05, 0) is 12.8 Å². The summed E-state index contributed by atoms with van der Waals surface area (Å²) in [6, 6.07) is 0. The summed E-state index contributed by atoms with van der Waals surface area (Å²) < 4.78 is 34.3. The third kappa shape index (κ3) is 19.1. The van der Waals surface area contributed by atoms with Gasteiger partial charge in [-0.15, -0.1) is 0 Å². The Hall–Kier alpha value is -2.24. The Kier molecular flexibility index (Phi) is 21.0. The number of carbonyl (C=O) groups is 4. The Morgan fingerprint density at radius 1 is 0.578 bits per heavy atom. The maximum absolute atomic E-state index is 12.0. The first-order valence-corrected chi connectivity index (χ1v) is 17.1. The number of ether oxygens (including phenoxy) is 6. The van der Waals surface area contributed by atoms with Crippen molar-refractivity contribution in [3.63, 3.8) is 0 Å². The Morgan fingerprint density at radius 3 is 1.49 bits per heavy atom. The van der Waals surface area contributed by atoms with E-state index in [1.54, 1.807) is 0 Å². The van der Waals surface area contributed by atoms with Crippen LogP contribution in [-0.2, 0) is 47.6 Å². The zero-order valence-corrected chi connectivity index (χ0v) is 29.1. The summed E-state index contributed by atoms with van der Waals surface area (Å²) in [5.74, 6) is -2.56. The van der Waals surface area contributed by atoms with Gasteiger partial charge >= 0.3 is 23.9 Å². The molecule has 1 aliphatic heterocycles. The number of carbonyl (C=O) groups excluding carboxylic acids is 4. The molecule has 1 fully saturated rings. The summed E-state index contributed by atoms with van der Waals surface area (Å²) in [6.07, 6.45) is 12.7. The highest BCUT2D eigenvalue weighted by molar-refractivity contribution is 5.68. The van der Waals surface area contributed by atoms with E-state index in [9.17, 15) is 19.2 Å². The van der Waals surface area contributed by atoms with Crippen molar-refractivity contribution < 1.29 is 52.1 Å². The van der Waals surface area contributed by atoms with Crippen molar-refractivity contribution in [3.8, 4) is 0 Å². The minimum atomic E-state index is -1.23. The van der Waals surface area contributed by atoms with Crippen molar-refractivity contribution >= 4 is 23.9 Å². The minimum Gasteiger partial charge on any atom is -0.463 e. The lowest BCUT2D eigenvalue weighted by molar-refractivity contribution is -0.891. The summed E-state index contributed by atoms with van der Waals surface area (Å²) in [6.45, 7) is 8.72. The third-order valence-corrected chi connectivity index (χ3v) is 8.04. The standard InChI is InChI=1S/C34H62NO10/c1-8-9-10-11-12-13-14-15-16-17-18-19-20-21-22-35(6,7)23-24-40-34-33(44-29(5)39)32(43-28(4)38)31(42-27(3)37)30(45-34)25-41-26(2)36/h30-34H,8-25H2,1-7H3/q+1/t30-,31-,32+,33-,34-/m1/s1. The average molecular weight is 645 g/mol. The lowest BCUT2D eigenvalue weighted by atomic mass is 9.98. The van der Waals surface area contributed by atoms with Gasteiger partial charge in [-0.1, -0.05) is 84.0 Å². The number of rotatable bonds is 24. The number of likely N-dealkylation sites (N-methyl/N-ethyl adjacent to an activating group) is 1. The second-order valence-electron chi connectivity index (χ2n) is 12.9. The van der Waals surface area contributed by atoms with Gasteiger partial charge in [-0.3, -0.25) is 19.2 Å². The van der Waals surface area contributed by atoms with E-state index in [4.69, 9.17) is 28.4 Å². The number of hydrogen-bond acceptors (Lipinski definition) is 10. The highest BCUT2D eigenvalue weighted by Crippen LogP contribution is 2.30. The molecule has 1 heterocycles. The molecule has 11 heteroatoms. The maximum atomic E-state index is 12.0. The summed E-state index contributed by atoms with van der Waals surface area (Å²) in [4.78, 5) is 47.4. The number of esters is 4. The lowest BCUT2D eigenvalue weighted by Gasteiger charge is -2.44. The summed E-state index contributed by atoms with van der Waals surface area (Å²) in [5, 5.41) is 0. The largest absolute Gasteiger partial charge is 0.463 e. The van der Waals surface area contributed by atoms with E-state index in [0.717, 1.165) is 17.4 Å². The molecule has 0 unspecified atom stereocenters. The van der Waals surface area contributed by atoms with Gasteiger partial charge in [0.15, 0.2) is 24.6 Å². The zero-order chi connectivity index (χ0) is 33.7. The van der Waals surface area contributed by atoms with E-state index < -0.39 is 54.6 Å². The monoisotopic (exact) mass is 644 g/mol. The van der Waals surface area contributed by atoms with E-state index in [-0.39, 0.29) is 13.2 Å². The molecule has 0 N–H and O–H groups in total. The highest BCUT2D eigenvalue weighted by atomic mass is 16.7. The van der Waals surface area contributed by atoms with Crippen LogP contribution in [0.4, 0.5) is 0 Å². The Bertz CT molecular complexity index is 864. The Balaban J connectivity index is 2.57. The Labute approximate surface area is 271 Å². The van der Waals surface area contributed by atoms with Crippen LogP contribution in [0.5, 0.6) is 0 Å². The molecule has 0 saturated carbocycles. The van der Waals surface area contributed by atoms with Crippen LogP contribution in [0.1, 0.15) is 125 Å². The molecule has 0 aromatic heterocycles. The molecule has 1 rings (SSSR count). The zero-order valence-electron chi connectivity index (χ0n) is 29.1. The molecule has 0 aliphatic carbocycles. The molecule has 1 saturated heterocycles. The molecular formula is C34H62NO10+. The molecule has 11 nitrogen and oxygen atoms in total. The van der Waals surface area contributed by atoms with E-state index in [0.29, 0.717) is 6.54 Å². The molecule has 0 radical (unpaired) electrons. The maximum Gasteiger partial charge on any atom is 0.303 e. The van der Waals surface area contributed by atoms with Gasteiger partial charge in [0.2, 0.25) is 0 Å². The van der Waals surface area contributed by atoms with Crippen molar-refractivity contribution in [1.82, 2.24) is 0 Å². The van der Waals surface area contributed by atoms with Gasteiger partial charge in [0, 0.05) is 27.7 Å². The second-order valence-corrected chi connectivity index (χ2v) is 12.9. The molecule has 0 aromatic carbocycles. The highest BCUT2D eigenvalue weighted by Gasteiger charge is 2.52. The fourth-order valence-electron chi connectivity index (χ4n) is 5.59. The van der Waals surface area contributed by atoms with Gasteiger partial charge in [0.1, 0.15) is 19.3 Å². The molecular weight excluding hydrogens is 582 g/mol. The van der Waals surface area contributed by atoms with Crippen molar-refractivity contribution in [2.24, 2.45) is 0 Å². The van der Waals surface area contributed by atoms with Crippen LogP contribution >= 0.6 is 0 Å². The summed E-state index contributed by atoms with van der Waals surface area (Å²) in [7, 11) is 4.28. The van der Waals surface area contributed by atoms with Gasteiger partial charge in [-0.25, -0.2) is 0 Å². The predicted octanol–water partition coefficient (Wildman–Crippen LogP) is 5.64. The van der Waals surface area contributed by atoms with Crippen LogP contribution in [-0.4, -0.2) is 99.5 Å². The molecule has 0 aromatic rings. The molecule has 0 amide bonds. The number of nitrogens with zero attached hydrogens (tertiary/aromatic N) is 1. The van der Waals surface area contributed by atoms with E-state index in [2.05, 4.69) is 21.0 Å². The predicted molar refractivity (Wildman–Crippen MR) is 170 cm³/mol.